The molecule has 0 saturated carbocycles. The number of hydrogen-bond donors (Lipinski definition) is 0. The van der Waals surface area contributed by atoms with Crippen molar-refractivity contribution in [2.24, 2.45) is 0 Å². The van der Waals surface area contributed by atoms with Gasteiger partial charge in [0.2, 0.25) is 5.91 Å². The number of rotatable bonds is 7. The van der Waals surface area contributed by atoms with E-state index in [-0.39, 0.29) is 5.91 Å². The molecule has 29 heavy (non-hydrogen) atoms. The summed E-state index contributed by atoms with van der Waals surface area (Å²) in [5.41, 5.74) is 3.26. The number of amides is 1. The summed E-state index contributed by atoms with van der Waals surface area (Å²) in [4.78, 5) is 17.1. The lowest BCUT2D eigenvalue weighted by molar-refractivity contribution is -0.132. The summed E-state index contributed by atoms with van der Waals surface area (Å²) in [7, 11) is 4.93. The Bertz CT molecular complexity index is 845. The van der Waals surface area contributed by atoms with Crippen molar-refractivity contribution in [1.29, 1.82) is 0 Å². The summed E-state index contributed by atoms with van der Waals surface area (Å²) in [5.74, 6) is 2.40. The van der Waals surface area contributed by atoms with Gasteiger partial charge in [0.1, 0.15) is 5.75 Å². The molecule has 1 aliphatic rings. The second kappa shape index (κ2) is 9.65. The molecule has 1 aliphatic heterocycles. The first kappa shape index (κ1) is 21.0. The Hall–Kier alpha value is -2.73. The summed E-state index contributed by atoms with van der Waals surface area (Å²) < 4.78 is 16.1. The summed E-state index contributed by atoms with van der Waals surface area (Å²) >= 11 is 0. The van der Waals surface area contributed by atoms with Gasteiger partial charge in [0.15, 0.2) is 11.5 Å². The molecule has 0 N–H and O–H groups in total. The van der Waals surface area contributed by atoms with Gasteiger partial charge in [0, 0.05) is 38.3 Å². The number of carbonyl (C=O) groups excluding carboxylic acids is 1. The molecule has 1 saturated heterocycles. The molecule has 0 radical (unpaired) electrons. The zero-order valence-electron chi connectivity index (χ0n) is 17.7. The number of ether oxygens (including phenoxy) is 3. The Morgan fingerprint density at radius 2 is 1.52 bits per heavy atom. The molecule has 0 unspecified atom stereocenters. The highest BCUT2D eigenvalue weighted by Crippen LogP contribution is 2.28. The lowest BCUT2D eigenvalue weighted by atomic mass is 10.1. The molecule has 0 bridgehead atoms. The fourth-order valence-electron chi connectivity index (χ4n) is 3.71. The van der Waals surface area contributed by atoms with Crippen molar-refractivity contribution in [2.45, 2.75) is 19.9 Å². The fourth-order valence-corrected chi connectivity index (χ4v) is 3.71. The van der Waals surface area contributed by atoms with Crippen molar-refractivity contribution in [2.75, 3.05) is 47.5 Å². The molecule has 0 aromatic heterocycles. The van der Waals surface area contributed by atoms with Crippen molar-refractivity contribution < 1.29 is 19.0 Å². The number of carbonyl (C=O) groups is 1. The number of nitrogens with zero attached hydrogens (tertiary/aromatic N) is 2. The molecular weight excluding hydrogens is 368 g/mol. The van der Waals surface area contributed by atoms with Crippen LogP contribution in [0.25, 0.3) is 0 Å². The topological polar surface area (TPSA) is 51.2 Å². The molecule has 1 heterocycles. The first-order valence-electron chi connectivity index (χ1n) is 9.88. The molecule has 1 fully saturated rings. The van der Waals surface area contributed by atoms with Crippen molar-refractivity contribution in [3.05, 3.63) is 53.1 Å². The standard InChI is InChI=1S/C23H30N2O4/c1-17-5-7-20(27-2)19(13-17)15-23(26)25-11-9-24(10-12-25)16-18-6-8-21(28-3)22(14-18)29-4/h5-8,13-14H,9-12,15-16H2,1-4H3. The van der Waals surface area contributed by atoms with Crippen molar-refractivity contribution in [3.63, 3.8) is 0 Å². The second-order valence-corrected chi connectivity index (χ2v) is 7.34. The van der Waals surface area contributed by atoms with Crippen molar-refractivity contribution >= 4 is 5.91 Å². The van der Waals surface area contributed by atoms with Gasteiger partial charge in [-0.15, -0.1) is 0 Å². The molecule has 6 heteroatoms. The van der Waals surface area contributed by atoms with Gasteiger partial charge < -0.3 is 19.1 Å². The molecule has 6 nitrogen and oxygen atoms in total. The highest BCUT2D eigenvalue weighted by molar-refractivity contribution is 5.79. The maximum absolute atomic E-state index is 12.8. The normalized spacial score (nSPS) is 14.6. The van der Waals surface area contributed by atoms with E-state index >= 15 is 0 Å². The summed E-state index contributed by atoms with van der Waals surface area (Å²) in [6.45, 7) is 6.03. The number of hydrogen-bond acceptors (Lipinski definition) is 5. The third-order valence-electron chi connectivity index (χ3n) is 5.36. The minimum Gasteiger partial charge on any atom is -0.496 e. The zero-order valence-corrected chi connectivity index (χ0v) is 17.7. The van der Waals surface area contributed by atoms with E-state index in [0.717, 1.165) is 61.1 Å². The number of benzene rings is 2. The molecule has 2 aromatic rings. The largest absolute Gasteiger partial charge is 0.496 e. The van der Waals surface area contributed by atoms with Crippen LogP contribution in [0.5, 0.6) is 17.2 Å². The van der Waals surface area contributed by atoms with E-state index in [2.05, 4.69) is 11.0 Å². The van der Waals surface area contributed by atoms with Crippen LogP contribution in [0.15, 0.2) is 36.4 Å². The van der Waals surface area contributed by atoms with E-state index in [1.165, 1.54) is 5.56 Å². The van der Waals surface area contributed by atoms with E-state index in [1.54, 1.807) is 21.3 Å². The van der Waals surface area contributed by atoms with Crippen LogP contribution in [-0.2, 0) is 17.8 Å². The van der Waals surface area contributed by atoms with Gasteiger partial charge in [-0.1, -0.05) is 23.8 Å². The van der Waals surface area contributed by atoms with Crippen LogP contribution in [0.1, 0.15) is 16.7 Å². The lowest BCUT2D eigenvalue weighted by Gasteiger charge is -2.35. The van der Waals surface area contributed by atoms with Crippen molar-refractivity contribution in [1.82, 2.24) is 9.80 Å². The molecule has 0 spiro atoms. The molecule has 0 aliphatic carbocycles. The summed E-state index contributed by atoms with van der Waals surface area (Å²) in [5, 5.41) is 0. The maximum atomic E-state index is 12.8. The van der Waals surface area contributed by atoms with E-state index in [4.69, 9.17) is 14.2 Å². The van der Waals surface area contributed by atoms with Gasteiger partial charge in [-0.3, -0.25) is 9.69 Å². The Kier molecular flexibility index (Phi) is 6.99. The van der Waals surface area contributed by atoms with Gasteiger partial charge in [0.05, 0.1) is 27.8 Å². The van der Waals surface area contributed by atoms with Crippen LogP contribution >= 0.6 is 0 Å². The van der Waals surface area contributed by atoms with Gasteiger partial charge >= 0.3 is 0 Å². The van der Waals surface area contributed by atoms with Gasteiger partial charge in [0.25, 0.3) is 0 Å². The number of aryl methyl sites for hydroxylation is 1. The first-order chi connectivity index (χ1) is 14.0. The van der Waals surface area contributed by atoms with E-state index < -0.39 is 0 Å². The highest BCUT2D eigenvalue weighted by Gasteiger charge is 2.22. The Labute approximate surface area is 173 Å². The zero-order chi connectivity index (χ0) is 20.8. The monoisotopic (exact) mass is 398 g/mol. The Morgan fingerprint density at radius 3 is 2.17 bits per heavy atom. The van der Waals surface area contributed by atoms with Gasteiger partial charge in [-0.25, -0.2) is 0 Å². The number of piperazine rings is 1. The molecule has 1 amide bonds. The molecular formula is C23H30N2O4. The average Bonchev–Trinajstić information content (AvgIpc) is 2.74. The second-order valence-electron chi connectivity index (χ2n) is 7.34. The van der Waals surface area contributed by atoms with E-state index in [1.807, 2.05) is 42.2 Å². The van der Waals surface area contributed by atoms with Crippen LogP contribution in [0.2, 0.25) is 0 Å². The predicted octanol–water partition coefficient (Wildman–Crippen LogP) is 2.91. The van der Waals surface area contributed by atoms with E-state index in [9.17, 15) is 4.79 Å². The summed E-state index contributed by atoms with van der Waals surface area (Å²) in [6.07, 6.45) is 0.376. The predicted molar refractivity (Wildman–Crippen MR) is 113 cm³/mol. The van der Waals surface area contributed by atoms with Crippen LogP contribution in [-0.4, -0.2) is 63.2 Å². The first-order valence-corrected chi connectivity index (χ1v) is 9.88. The lowest BCUT2D eigenvalue weighted by Crippen LogP contribution is -2.48. The van der Waals surface area contributed by atoms with Crippen LogP contribution < -0.4 is 14.2 Å². The highest BCUT2D eigenvalue weighted by atomic mass is 16.5. The molecule has 2 aromatic carbocycles. The van der Waals surface area contributed by atoms with Crippen LogP contribution in [0, 0.1) is 6.92 Å². The Balaban J connectivity index is 1.55. The minimum absolute atomic E-state index is 0.152. The molecule has 0 atom stereocenters. The third-order valence-corrected chi connectivity index (χ3v) is 5.36. The van der Waals surface area contributed by atoms with E-state index in [0.29, 0.717) is 6.42 Å². The van der Waals surface area contributed by atoms with Crippen molar-refractivity contribution in [3.8, 4) is 17.2 Å². The van der Waals surface area contributed by atoms with Gasteiger partial charge in [-0.05, 0) is 30.7 Å². The maximum Gasteiger partial charge on any atom is 0.227 e. The van der Waals surface area contributed by atoms with Gasteiger partial charge in [-0.2, -0.15) is 0 Å². The fraction of sp³-hybridized carbons (Fsp3) is 0.435. The quantitative estimate of drug-likeness (QED) is 0.718. The SMILES string of the molecule is COc1ccc(C)cc1CC(=O)N1CCN(Cc2ccc(OC)c(OC)c2)CC1. The molecule has 156 valence electrons. The third kappa shape index (κ3) is 5.21. The Morgan fingerprint density at radius 1 is 0.862 bits per heavy atom. The van der Waals surface area contributed by atoms with Crippen LogP contribution in [0.4, 0.5) is 0 Å². The minimum atomic E-state index is 0.152. The number of methoxy groups -OCH3 is 3. The van der Waals surface area contributed by atoms with Crippen LogP contribution in [0.3, 0.4) is 0 Å². The molecule has 3 rings (SSSR count). The smallest absolute Gasteiger partial charge is 0.227 e. The summed E-state index contributed by atoms with van der Waals surface area (Å²) in [6, 6.07) is 12.0. The average molecular weight is 399 g/mol.